The number of nitrogens with one attached hydrogen (secondary N) is 2. The van der Waals surface area contributed by atoms with Gasteiger partial charge in [-0.05, 0) is 69.7 Å². The number of urea groups is 1. The molecule has 0 aromatic heterocycles. The van der Waals surface area contributed by atoms with Crippen molar-refractivity contribution in [1.29, 1.82) is 0 Å². The van der Waals surface area contributed by atoms with Gasteiger partial charge in [0.1, 0.15) is 11.5 Å². The molecule has 0 spiro atoms. The highest BCUT2D eigenvalue weighted by Crippen LogP contribution is 2.23. The fourth-order valence-corrected chi connectivity index (χ4v) is 2.42. The highest BCUT2D eigenvalue weighted by Gasteiger charge is 2.22. The van der Waals surface area contributed by atoms with Gasteiger partial charge in [0.05, 0.1) is 18.8 Å². The topological polar surface area (TPSA) is 59.6 Å². The number of carbonyl (C=O) groups excluding carboxylic acids is 1. The highest BCUT2D eigenvalue weighted by atomic mass is 16.5. The lowest BCUT2D eigenvalue weighted by Gasteiger charge is -2.27. The van der Waals surface area contributed by atoms with Crippen LogP contribution in [-0.4, -0.2) is 19.2 Å². The Morgan fingerprint density at radius 3 is 2.04 bits per heavy atom. The first-order chi connectivity index (χ1) is 11.8. The number of hydrogen-bond acceptors (Lipinski definition) is 3. The lowest BCUT2D eigenvalue weighted by Crippen LogP contribution is -2.43. The molecule has 0 atom stereocenters. The van der Waals surface area contributed by atoms with Crippen LogP contribution in [0.2, 0.25) is 0 Å². The molecule has 0 bridgehead atoms. The number of ether oxygens (including phenoxy) is 2. The van der Waals surface area contributed by atoms with Gasteiger partial charge in [-0.2, -0.15) is 0 Å². The quantitative estimate of drug-likeness (QED) is 0.810. The van der Waals surface area contributed by atoms with Crippen molar-refractivity contribution in [3.05, 3.63) is 54.1 Å². The van der Waals surface area contributed by atoms with E-state index in [1.165, 1.54) is 0 Å². The van der Waals surface area contributed by atoms with Crippen LogP contribution in [0.5, 0.6) is 11.5 Å². The van der Waals surface area contributed by atoms with Crippen LogP contribution in [0.25, 0.3) is 0 Å². The molecule has 5 nitrogen and oxygen atoms in total. The summed E-state index contributed by atoms with van der Waals surface area (Å²) >= 11 is 0. The lowest BCUT2D eigenvalue weighted by atomic mass is 9.94. The Hall–Kier alpha value is -2.69. The standard InChI is InChI=1S/C20H26N2O3/c1-14(2)25-18-12-8-16(9-13-18)21-19(23)22-20(3,4)15-6-10-17(24-5)11-7-15/h6-14H,1-5H3,(H2,21,22,23). The van der Waals surface area contributed by atoms with Gasteiger partial charge >= 0.3 is 6.03 Å². The molecule has 2 amide bonds. The zero-order valence-corrected chi connectivity index (χ0v) is 15.4. The van der Waals surface area contributed by atoms with Crippen LogP contribution in [0.1, 0.15) is 33.3 Å². The third kappa shape index (κ3) is 5.41. The SMILES string of the molecule is COc1ccc(C(C)(C)NC(=O)Nc2ccc(OC(C)C)cc2)cc1. The summed E-state index contributed by atoms with van der Waals surface area (Å²) < 4.78 is 10.8. The van der Waals surface area contributed by atoms with E-state index in [9.17, 15) is 4.79 Å². The van der Waals surface area contributed by atoms with E-state index in [0.29, 0.717) is 5.69 Å². The Morgan fingerprint density at radius 2 is 1.52 bits per heavy atom. The molecule has 0 fully saturated rings. The van der Waals surface area contributed by atoms with Gasteiger partial charge in [0.2, 0.25) is 0 Å². The smallest absolute Gasteiger partial charge is 0.319 e. The summed E-state index contributed by atoms with van der Waals surface area (Å²) in [5.74, 6) is 1.56. The van der Waals surface area contributed by atoms with E-state index in [4.69, 9.17) is 9.47 Å². The molecule has 0 aliphatic heterocycles. The Labute approximate surface area is 149 Å². The molecule has 2 aromatic rings. The van der Waals surface area contributed by atoms with E-state index in [-0.39, 0.29) is 12.1 Å². The van der Waals surface area contributed by atoms with Gasteiger partial charge in [-0.25, -0.2) is 4.79 Å². The third-order valence-corrected chi connectivity index (χ3v) is 3.72. The Kier molecular flexibility index (Phi) is 5.91. The molecule has 2 rings (SSSR count). The minimum Gasteiger partial charge on any atom is -0.497 e. The number of benzene rings is 2. The fourth-order valence-electron chi connectivity index (χ4n) is 2.42. The Bertz CT molecular complexity index is 692. The second-order valence-corrected chi connectivity index (χ2v) is 6.62. The summed E-state index contributed by atoms with van der Waals surface area (Å²) in [4.78, 5) is 12.3. The maximum Gasteiger partial charge on any atom is 0.319 e. The molecule has 0 saturated heterocycles. The summed E-state index contributed by atoms with van der Waals surface area (Å²) in [7, 11) is 1.63. The monoisotopic (exact) mass is 342 g/mol. The van der Waals surface area contributed by atoms with Gasteiger partial charge in [0.15, 0.2) is 0 Å². The predicted octanol–water partition coefficient (Wildman–Crippen LogP) is 4.54. The fraction of sp³-hybridized carbons (Fsp3) is 0.350. The Balaban J connectivity index is 1.98. The molecule has 0 radical (unpaired) electrons. The molecule has 2 aromatic carbocycles. The van der Waals surface area contributed by atoms with Crippen LogP contribution in [-0.2, 0) is 5.54 Å². The zero-order chi connectivity index (χ0) is 18.4. The maximum absolute atomic E-state index is 12.3. The van der Waals surface area contributed by atoms with Crippen LogP contribution < -0.4 is 20.1 Å². The van der Waals surface area contributed by atoms with Gasteiger partial charge in [0, 0.05) is 5.69 Å². The summed E-state index contributed by atoms with van der Waals surface area (Å²) in [6.07, 6.45) is 0.118. The highest BCUT2D eigenvalue weighted by molar-refractivity contribution is 5.89. The van der Waals surface area contributed by atoms with Gasteiger partial charge in [-0.1, -0.05) is 12.1 Å². The van der Waals surface area contributed by atoms with E-state index < -0.39 is 5.54 Å². The van der Waals surface area contributed by atoms with Crippen LogP contribution in [0.4, 0.5) is 10.5 Å². The molecular formula is C20H26N2O3. The van der Waals surface area contributed by atoms with Crippen molar-refractivity contribution in [2.24, 2.45) is 0 Å². The number of anilines is 1. The molecule has 25 heavy (non-hydrogen) atoms. The zero-order valence-electron chi connectivity index (χ0n) is 15.4. The second kappa shape index (κ2) is 7.92. The number of amides is 2. The molecule has 5 heteroatoms. The van der Waals surface area contributed by atoms with Gasteiger partial charge in [-0.3, -0.25) is 0 Å². The van der Waals surface area contributed by atoms with E-state index in [1.54, 1.807) is 7.11 Å². The van der Waals surface area contributed by atoms with Gasteiger partial charge in [-0.15, -0.1) is 0 Å². The van der Waals surface area contributed by atoms with Crippen molar-refractivity contribution in [3.8, 4) is 11.5 Å². The van der Waals surface area contributed by atoms with E-state index in [2.05, 4.69) is 10.6 Å². The molecular weight excluding hydrogens is 316 g/mol. The largest absolute Gasteiger partial charge is 0.497 e. The van der Waals surface area contributed by atoms with Crippen LogP contribution >= 0.6 is 0 Å². The average molecular weight is 342 g/mol. The van der Waals surface area contributed by atoms with Crippen molar-refractivity contribution < 1.29 is 14.3 Å². The normalized spacial score (nSPS) is 11.1. The number of rotatable bonds is 6. The maximum atomic E-state index is 12.3. The molecule has 0 unspecified atom stereocenters. The summed E-state index contributed by atoms with van der Waals surface area (Å²) in [5.41, 5.74) is 1.18. The Morgan fingerprint density at radius 1 is 0.960 bits per heavy atom. The minimum atomic E-state index is -0.517. The van der Waals surface area contributed by atoms with Crippen molar-refractivity contribution in [1.82, 2.24) is 5.32 Å². The summed E-state index contributed by atoms with van der Waals surface area (Å²) in [6, 6.07) is 14.7. The summed E-state index contributed by atoms with van der Waals surface area (Å²) in [6.45, 7) is 7.85. The number of carbonyl (C=O) groups is 1. The first-order valence-electron chi connectivity index (χ1n) is 8.30. The second-order valence-electron chi connectivity index (χ2n) is 6.62. The van der Waals surface area contributed by atoms with Crippen molar-refractivity contribution in [2.75, 3.05) is 12.4 Å². The first kappa shape index (κ1) is 18.6. The van der Waals surface area contributed by atoms with E-state index in [1.807, 2.05) is 76.2 Å². The number of methoxy groups -OCH3 is 1. The molecule has 2 N–H and O–H groups in total. The lowest BCUT2D eigenvalue weighted by molar-refractivity contribution is 0.241. The first-order valence-corrected chi connectivity index (χ1v) is 8.30. The number of hydrogen-bond donors (Lipinski definition) is 2. The van der Waals surface area contributed by atoms with E-state index in [0.717, 1.165) is 17.1 Å². The summed E-state index contributed by atoms with van der Waals surface area (Å²) in [5, 5.41) is 5.82. The molecule has 0 heterocycles. The van der Waals surface area contributed by atoms with Crippen molar-refractivity contribution >= 4 is 11.7 Å². The van der Waals surface area contributed by atoms with Crippen molar-refractivity contribution in [3.63, 3.8) is 0 Å². The van der Waals surface area contributed by atoms with Crippen molar-refractivity contribution in [2.45, 2.75) is 39.3 Å². The van der Waals surface area contributed by atoms with Crippen LogP contribution in [0, 0.1) is 0 Å². The molecule has 0 aliphatic carbocycles. The minimum absolute atomic E-state index is 0.118. The third-order valence-electron chi connectivity index (χ3n) is 3.72. The molecule has 0 saturated carbocycles. The van der Waals surface area contributed by atoms with Gasteiger partial charge in [0.25, 0.3) is 0 Å². The average Bonchev–Trinajstić information content (AvgIpc) is 2.55. The molecule has 0 aliphatic rings. The molecule has 134 valence electrons. The van der Waals surface area contributed by atoms with Gasteiger partial charge < -0.3 is 20.1 Å². The predicted molar refractivity (Wildman–Crippen MR) is 100 cm³/mol. The van der Waals surface area contributed by atoms with E-state index >= 15 is 0 Å². The van der Waals surface area contributed by atoms with Crippen LogP contribution in [0.3, 0.4) is 0 Å². The van der Waals surface area contributed by atoms with Crippen LogP contribution in [0.15, 0.2) is 48.5 Å².